The number of nitrogens with zero attached hydrogens (tertiary/aromatic N) is 1. The topological polar surface area (TPSA) is 38.8 Å². The molecule has 0 aromatic heterocycles. The number of hydrogen-bond donors (Lipinski definition) is 0. The van der Waals surface area contributed by atoms with E-state index in [2.05, 4.69) is 72.8 Å². The van der Waals surface area contributed by atoms with Gasteiger partial charge in [-0.15, -0.1) is 0 Å². The van der Waals surface area contributed by atoms with Crippen LogP contribution in [0.3, 0.4) is 0 Å². The SMILES string of the molecule is COc1cc([C@H](c2ccccc2)N(C)[S@](=O)C(C)(C)C)c(P(c2ccccc2)c2ccccc2)cc1OC. The highest BCUT2D eigenvalue weighted by Gasteiger charge is 2.34. The van der Waals surface area contributed by atoms with Crippen LogP contribution in [0.1, 0.15) is 37.9 Å². The van der Waals surface area contributed by atoms with Crippen molar-refractivity contribution in [2.75, 3.05) is 21.3 Å². The minimum atomic E-state index is -1.27. The summed E-state index contributed by atoms with van der Waals surface area (Å²) in [6.07, 6.45) is 0. The number of benzene rings is 4. The lowest BCUT2D eigenvalue weighted by atomic mass is 9.98. The van der Waals surface area contributed by atoms with Gasteiger partial charge in [-0.2, -0.15) is 0 Å². The Kier molecular flexibility index (Phi) is 9.04. The molecule has 4 rings (SSSR count). The molecule has 4 aromatic carbocycles. The van der Waals surface area contributed by atoms with E-state index in [1.165, 1.54) is 10.6 Å². The van der Waals surface area contributed by atoms with E-state index >= 15 is 0 Å². The second-order valence-electron chi connectivity index (χ2n) is 9.99. The van der Waals surface area contributed by atoms with E-state index < -0.39 is 23.7 Å². The van der Waals surface area contributed by atoms with Gasteiger partial charge < -0.3 is 9.47 Å². The van der Waals surface area contributed by atoms with E-state index in [0.29, 0.717) is 11.5 Å². The summed E-state index contributed by atoms with van der Waals surface area (Å²) in [5.41, 5.74) is 2.12. The van der Waals surface area contributed by atoms with Crippen molar-refractivity contribution >= 4 is 34.8 Å². The number of methoxy groups -OCH3 is 2. The molecule has 4 nitrogen and oxygen atoms in total. The summed E-state index contributed by atoms with van der Waals surface area (Å²) in [5, 5.41) is 3.60. The fourth-order valence-corrected chi connectivity index (χ4v) is 8.40. The maximum absolute atomic E-state index is 13.8. The molecule has 198 valence electrons. The molecule has 0 aliphatic rings. The lowest BCUT2D eigenvalue weighted by Gasteiger charge is -2.35. The molecule has 0 saturated heterocycles. The Morgan fingerprint density at radius 3 is 1.63 bits per heavy atom. The number of ether oxygens (including phenoxy) is 2. The summed E-state index contributed by atoms with van der Waals surface area (Å²) < 4.78 is 27.0. The number of rotatable bonds is 9. The first-order chi connectivity index (χ1) is 18.3. The first kappa shape index (κ1) is 28.0. The van der Waals surface area contributed by atoms with Crippen LogP contribution in [0.15, 0.2) is 103 Å². The highest BCUT2D eigenvalue weighted by Crippen LogP contribution is 2.43. The molecule has 0 heterocycles. The molecule has 2 atom stereocenters. The van der Waals surface area contributed by atoms with Gasteiger partial charge in [-0.1, -0.05) is 91.0 Å². The van der Waals surface area contributed by atoms with Crippen molar-refractivity contribution in [3.63, 3.8) is 0 Å². The maximum Gasteiger partial charge on any atom is 0.161 e. The van der Waals surface area contributed by atoms with E-state index in [9.17, 15) is 4.21 Å². The summed E-state index contributed by atoms with van der Waals surface area (Å²) in [6.45, 7) is 6.04. The Hall–Kier alpha value is -2.98. The molecule has 38 heavy (non-hydrogen) atoms. The fraction of sp³-hybridized carbons (Fsp3) is 0.250. The van der Waals surface area contributed by atoms with Crippen LogP contribution >= 0.6 is 7.92 Å². The minimum absolute atomic E-state index is 0.275. The standard InChI is InChI=1S/C32H36NO3PS/c1-32(2,3)38(34)33(4)31(24-16-10-7-11-17-24)27-22-28(35-5)29(36-6)23-30(27)37(25-18-12-8-13-19-25)26-20-14-9-15-21-26/h7-23,31H,1-6H3/t31-,38+/m0/s1. The second kappa shape index (κ2) is 12.3. The molecule has 0 aliphatic heterocycles. The average molecular weight is 546 g/mol. The molecule has 0 spiro atoms. The van der Waals surface area contributed by atoms with Gasteiger partial charge >= 0.3 is 0 Å². The van der Waals surface area contributed by atoms with Crippen molar-refractivity contribution in [2.24, 2.45) is 0 Å². The third-order valence-corrected chi connectivity index (χ3v) is 10.6. The molecule has 0 N–H and O–H groups in total. The molecular weight excluding hydrogens is 509 g/mol. The number of hydrogen-bond acceptors (Lipinski definition) is 3. The zero-order chi connectivity index (χ0) is 27.3. The quantitative estimate of drug-likeness (QED) is 0.244. The molecule has 6 heteroatoms. The largest absolute Gasteiger partial charge is 0.493 e. The predicted molar refractivity (Wildman–Crippen MR) is 162 cm³/mol. The molecule has 0 saturated carbocycles. The van der Waals surface area contributed by atoms with Crippen molar-refractivity contribution < 1.29 is 13.7 Å². The van der Waals surface area contributed by atoms with Gasteiger partial charge in [0.2, 0.25) is 0 Å². The van der Waals surface area contributed by atoms with Crippen molar-refractivity contribution in [2.45, 2.75) is 31.6 Å². The fourth-order valence-electron chi connectivity index (χ4n) is 4.63. The molecule has 0 aliphatic carbocycles. The van der Waals surface area contributed by atoms with Crippen LogP contribution in [0, 0.1) is 0 Å². The molecular formula is C32H36NO3PS. The third kappa shape index (κ3) is 6.02. The average Bonchev–Trinajstić information content (AvgIpc) is 2.94. The molecule has 0 amide bonds. The zero-order valence-corrected chi connectivity index (χ0v) is 24.6. The third-order valence-electron chi connectivity index (χ3n) is 6.36. The summed E-state index contributed by atoms with van der Waals surface area (Å²) in [7, 11) is 3.05. The van der Waals surface area contributed by atoms with Crippen LogP contribution in [-0.4, -0.2) is 34.5 Å². The lowest BCUT2D eigenvalue weighted by molar-refractivity contribution is 0.353. The molecule has 0 bridgehead atoms. The summed E-state index contributed by atoms with van der Waals surface area (Å²) in [4.78, 5) is 0. The monoisotopic (exact) mass is 545 g/mol. The second-order valence-corrected chi connectivity index (χ2v) is 14.5. The van der Waals surface area contributed by atoms with Gasteiger partial charge in [0.05, 0.1) is 25.0 Å². The van der Waals surface area contributed by atoms with E-state index in [1.54, 1.807) is 14.2 Å². The Balaban J connectivity index is 2.06. The molecule has 4 aromatic rings. The van der Waals surface area contributed by atoms with E-state index in [4.69, 9.17) is 9.47 Å². The summed E-state index contributed by atoms with van der Waals surface area (Å²) >= 11 is 0. The van der Waals surface area contributed by atoms with Crippen LogP contribution in [0.5, 0.6) is 11.5 Å². The van der Waals surface area contributed by atoms with Gasteiger partial charge in [-0.3, -0.25) is 0 Å². The van der Waals surface area contributed by atoms with Crippen LogP contribution < -0.4 is 25.4 Å². The van der Waals surface area contributed by atoms with Gasteiger partial charge in [0, 0.05) is 7.05 Å². The highest BCUT2D eigenvalue weighted by atomic mass is 32.2. The smallest absolute Gasteiger partial charge is 0.161 e. The van der Waals surface area contributed by atoms with E-state index in [1.807, 2.05) is 62.5 Å². The predicted octanol–water partition coefficient (Wildman–Crippen LogP) is 5.95. The maximum atomic E-state index is 13.8. The summed E-state index contributed by atoms with van der Waals surface area (Å²) in [6, 6.07) is 35.4. The Morgan fingerprint density at radius 1 is 0.737 bits per heavy atom. The molecule has 0 unspecified atom stereocenters. The van der Waals surface area contributed by atoms with Gasteiger partial charge in [-0.25, -0.2) is 8.51 Å². The Labute approximate surface area is 231 Å². The first-order valence-electron chi connectivity index (χ1n) is 12.6. The van der Waals surface area contributed by atoms with Crippen molar-refractivity contribution in [1.29, 1.82) is 0 Å². The normalized spacial score (nSPS) is 13.4. The Morgan fingerprint density at radius 2 is 1.18 bits per heavy atom. The van der Waals surface area contributed by atoms with Crippen molar-refractivity contribution in [3.05, 3.63) is 114 Å². The Bertz CT molecular complexity index is 1320. The molecule has 0 radical (unpaired) electrons. The van der Waals surface area contributed by atoms with Crippen molar-refractivity contribution in [3.8, 4) is 11.5 Å². The zero-order valence-electron chi connectivity index (χ0n) is 22.9. The lowest BCUT2D eigenvalue weighted by Crippen LogP contribution is -2.39. The summed E-state index contributed by atoms with van der Waals surface area (Å²) in [5.74, 6) is 1.33. The van der Waals surface area contributed by atoms with Crippen LogP contribution in [0.2, 0.25) is 0 Å². The highest BCUT2D eigenvalue weighted by molar-refractivity contribution is 7.84. The van der Waals surface area contributed by atoms with Gasteiger partial charge in [0.25, 0.3) is 0 Å². The molecule has 0 fully saturated rings. The van der Waals surface area contributed by atoms with Crippen molar-refractivity contribution in [1.82, 2.24) is 4.31 Å². The van der Waals surface area contributed by atoms with Gasteiger partial charge in [0.1, 0.15) is 11.0 Å². The van der Waals surface area contributed by atoms with Crippen LogP contribution in [0.25, 0.3) is 0 Å². The van der Waals surface area contributed by atoms with Crippen LogP contribution in [-0.2, 0) is 11.0 Å². The van der Waals surface area contributed by atoms with Gasteiger partial charge in [0.15, 0.2) is 11.5 Å². The van der Waals surface area contributed by atoms with E-state index in [-0.39, 0.29) is 6.04 Å². The van der Waals surface area contributed by atoms with Crippen LogP contribution in [0.4, 0.5) is 0 Å². The van der Waals surface area contributed by atoms with E-state index in [0.717, 1.165) is 16.4 Å². The minimum Gasteiger partial charge on any atom is -0.493 e. The van der Waals surface area contributed by atoms with Gasteiger partial charge in [-0.05, 0) is 67.9 Å². The first-order valence-corrected chi connectivity index (χ1v) is 15.1.